The highest BCUT2D eigenvalue weighted by Gasteiger charge is 2.36. The number of alkyl carbamates (subject to hydrolysis) is 1. The van der Waals surface area contributed by atoms with Crippen molar-refractivity contribution in [3.8, 4) is 0 Å². The van der Waals surface area contributed by atoms with Gasteiger partial charge in [-0.05, 0) is 57.7 Å². The summed E-state index contributed by atoms with van der Waals surface area (Å²) in [7, 11) is 0. The topological polar surface area (TPSA) is 108 Å². The predicted octanol–water partition coefficient (Wildman–Crippen LogP) is 4.19. The van der Waals surface area contributed by atoms with Gasteiger partial charge in [0, 0.05) is 12.6 Å². The molecule has 0 aliphatic heterocycles. The third-order valence-electron chi connectivity index (χ3n) is 5.34. The van der Waals surface area contributed by atoms with Gasteiger partial charge in [-0.15, -0.1) is 0 Å². The molecule has 0 saturated carbocycles. The molecule has 8 nitrogen and oxygen atoms in total. The third-order valence-corrected chi connectivity index (χ3v) is 5.34. The van der Waals surface area contributed by atoms with Crippen LogP contribution in [0.5, 0.6) is 0 Å². The van der Waals surface area contributed by atoms with Gasteiger partial charge in [0.15, 0.2) is 0 Å². The number of aliphatic hydroxyl groups excluding tert-OH is 1. The number of ether oxygens (including phenoxy) is 1. The number of nitrogens with one attached hydrogen (secondary N) is 2. The number of carbonyl (C=O) groups is 3. The van der Waals surface area contributed by atoms with Gasteiger partial charge in [0.05, 0.1) is 6.61 Å². The molecule has 0 saturated heterocycles. The van der Waals surface area contributed by atoms with E-state index in [4.69, 9.17) is 4.74 Å². The van der Waals surface area contributed by atoms with Crippen LogP contribution in [-0.4, -0.2) is 58.8 Å². The summed E-state index contributed by atoms with van der Waals surface area (Å²) >= 11 is 0. The van der Waals surface area contributed by atoms with Crippen LogP contribution >= 0.6 is 0 Å². The predicted molar refractivity (Wildman–Crippen MR) is 139 cm³/mol. The Hall–Kier alpha value is -2.87. The highest BCUT2D eigenvalue weighted by atomic mass is 16.6. The van der Waals surface area contributed by atoms with E-state index in [9.17, 15) is 19.5 Å². The van der Waals surface area contributed by atoms with Crippen LogP contribution in [0.4, 0.5) is 4.79 Å². The van der Waals surface area contributed by atoms with E-state index >= 15 is 0 Å². The van der Waals surface area contributed by atoms with Gasteiger partial charge in [-0.1, -0.05) is 57.5 Å². The highest BCUT2D eigenvalue weighted by molar-refractivity contribution is 5.92. The van der Waals surface area contributed by atoms with Crippen molar-refractivity contribution in [2.75, 3.05) is 13.2 Å². The lowest BCUT2D eigenvalue weighted by atomic mass is 9.99. The smallest absolute Gasteiger partial charge is 0.408 e. The fraction of sp³-hybridized carbons (Fsp3) is 0.593. The van der Waals surface area contributed by atoms with E-state index in [2.05, 4.69) is 17.2 Å². The summed E-state index contributed by atoms with van der Waals surface area (Å²) in [4.78, 5) is 41.0. The van der Waals surface area contributed by atoms with Crippen LogP contribution in [0.3, 0.4) is 0 Å². The number of unbranched alkanes of at least 4 members (excludes halogenated alkanes) is 1. The molecule has 0 aliphatic carbocycles. The molecule has 3 amide bonds. The molecule has 3 unspecified atom stereocenters. The Morgan fingerprint density at radius 1 is 1.17 bits per heavy atom. The van der Waals surface area contributed by atoms with E-state index in [0.29, 0.717) is 12.0 Å². The fourth-order valence-electron chi connectivity index (χ4n) is 3.69. The van der Waals surface area contributed by atoms with Gasteiger partial charge in [0.2, 0.25) is 11.8 Å². The second-order valence-corrected chi connectivity index (χ2v) is 9.74. The quantitative estimate of drug-likeness (QED) is 0.385. The molecule has 8 heteroatoms. The molecule has 3 N–H and O–H groups in total. The SMILES string of the molecule is C=Cc1cccc(C(C(=O)NC(C)CCC)N(CCCC)C(=O)C(CO)NC(=O)OC(C)(C)C)c1. The van der Waals surface area contributed by atoms with Crippen molar-refractivity contribution in [1.29, 1.82) is 0 Å². The fourth-order valence-corrected chi connectivity index (χ4v) is 3.69. The average Bonchev–Trinajstić information content (AvgIpc) is 2.78. The molecule has 0 fully saturated rings. The first-order chi connectivity index (χ1) is 16.5. The van der Waals surface area contributed by atoms with Crippen molar-refractivity contribution in [2.24, 2.45) is 0 Å². The van der Waals surface area contributed by atoms with E-state index in [1.165, 1.54) is 4.90 Å². The molecule has 0 aliphatic rings. The zero-order chi connectivity index (χ0) is 26.6. The summed E-state index contributed by atoms with van der Waals surface area (Å²) in [6.07, 6.45) is 4.01. The lowest BCUT2D eigenvalue weighted by Gasteiger charge is -2.34. The Labute approximate surface area is 210 Å². The number of benzene rings is 1. The van der Waals surface area contributed by atoms with Crippen molar-refractivity contribution < 1.29 is 24.2 Å². The van der Waals surface area contributed by atoms with Crippen molar-refractivity contribution in [3.05, 3.63) is 42.0 Å². The molecule has 196 valence electrons. The van der Waals surface area contributed by atoms with Crippen LogP contribution in [0.15, 0.2) is 30.8 Å². The number of amides is 3. The number of carbonyl (C=O) groups excluding carboxylic acids is 3. The first kappa shape index (κ1) is 30.2. The Balaban J connectivity index is 3.42. The number of hydrogen-bond donors (Lipinski definition) is 3. The van der Waals surface area contributed by atoms with Gasteiger partial charge in [0.1, 0.15) is 17.7 Å². The van der Waals surface area contributed by atoms with Crippen molar-refractivity contribution in [3.63, 3.8) is 0 Å². The van der Waals surface area contributed by atoms with E-state index in [1.807, 2.05) is 39.0 Å². The minimum atomic E-state index is -1.26. The van der Waals surface area contributed by atoms with Crippen LogP contribution in [-0.2, 0) is 14.3 Å². The molecule has 35 heavy (non-hydrogen) atoms. The largest absolute Gasteiger partial charge is 0.444 e. The second kappa shape index (κ2) is 14.5. The zero-order valence-electron chi connectivity index (χ0n) is 22.1. The van der Waals surface area contributed by atoms with Crippen LogP contribution in [0.2, 0.25) is 0 Å². The van der Waals surface area contributed by atoms with Gasteiger partial charge in [0.25, 0.3) is 0 Å². The number of aliphatic hydroxyl groups is 1. The molecule has 0 bridgehead atoms. The summed E-state index contributed by atoms with van der Waals surface area (Å²) in [6, 6.07) is 5.02. The van der Waals surface area contributed by atoms with Crippen LogP contribution < -0.4 is 10.6 Å². The van der Waals surface area contributed by atoms with Crippen LogP contribution in [0, 0.1) is 0 Å². The number of rotatable bonds is 13. The molecular formula is C27H43N3O5. The minimum Gasteiger partial charge on any atom is -0.444 e. The summed E-state index contributed by atoms with van der Waals surface area (Å²) in [5.41, 5.74) is 0.676. The summed E-state index contributed by atoms with van der Waals surface area (Å²) < 4.78 is 5.26. The standard InChI is InChI=1S/C27H43N3O5/c1-8-11-16-30(25(33)22(18-31)29-26(34)35-27(5,6)7)23(24(32)28-19(4)13-9-2)21-15-12-14-20(10-3)17-21/h10,12,14-15,17,19,22-23,31H,3,8-9,11,13,16,18H2,1-2,4-7H3,(H,28,32)(H,29,34). The Kier molecular flexibility index (Phi) is 12.5. The van der Waals surface area contributed by atoms with E-state index in [-0.39, 0.29) is 18.5 Å². The van der Waals surface area contributed by atoms with Crippen LogP contribution in [0.1, 0.15) is 84.4 Å². The van der Waals surface area contributed by atoms with Gasteiger partial charge in [-0.25, -0.2) is 4.79 Å². The molecule has 0 aromatic heterocycles. The van der Waals surface area contributed by atoms with Gasteiger partial charge >= 0.3 is 6.09 Å². The first-order valence-electron chi connectivity index (χ1n) is 12.4. The normalized spacial score (nSPS) is 13.8. The molecular weight excluding hydrogens is 446 g/mol. The van der Waals surface area contributed by atoms with E-state index in [1.54, 1.807) is 32.9 Å². The molecule has 0 heterocycles. The average molecular weight is 490 g/mol. The molecule has 1 aromatic rings. The molecule has 3 atom stereocenters. The minimum absolute atomic E-state index is 0.0748. The van der Waals surface area contributed by atoms with E-state index < -0.39 is 36.3 Å². The van der Waals surface area contributed by atoms with Crippen molar-refractivity contribution in [2.45, 2.75) is 91.0 Å². The van der Waals surface area contributed by atoms with Gasteiger partial charge in [-0.3, -0.25) is 9.59 Å². The molecule has 1 rings (SSSR count). The molecule has 1 aromatic carbocycles. The Bertz CT molecular complexity index is 849. The van der Waals surface area contributed by atoms with Gasteiger partial charge in [-0.2, -0.15) is 0 Å². The summed E-state index contributed by atoms with van der Waals surface area (Å²) in [6.45, 7) is 14.5. The summed E-state index contributed by atoms with van der Waals surface area (Å²) in [5, 5.41) is 15.5. The maximum atomic E-state index is 13.7. The van der Waals surface area contributed by atoms with E-state index in [0.717, 1.165) is 24.8 Å². The van der Waals surface area contributed by atoms with Crippen molar-refractivity contribution >= 4 is 24.0 Å². The third kappa shape index (κ3) is 10.1. The maximum absolute atomic E-state index is 13.7. The lowest BCUT2D eigenvalue weighted by molar-refractivity contribution is -0.143. The lowest BCUT2D eigenvalue weighted by Crippen LogP contribution is -2.55. The monoisotopic (exact) mass is 489 g/mol. The second-order valence-electron chi connectivity index (χ2n) is 9.74. The number of hydrogen-bond acceptors (Lipinski definition) is 5. The Morgan fingerprint density at radius 3 is 2.40 bits per heavy atom. The first-order valence-corrected chi connectivity index (χ1v) is 12.4. The highest BCUT2D eigenvalue weighted by Crippen LogP contribution is 2.25. The zero-order valence-corrected chi connectivity index (χ0v) is 22.1. The maximum Gasteiger partial charge on any atom is 0.408 e. The number of nitrogens with zero attached hydrogens (tertiary/aromatic N) is 1. The van der Waals surface area contributed by atoms with Crippen LogP contribution in [0.25, 0.3) is 6.08 Å². The molecule has 0 radical (unpaired) electrons. The van der Waals surface area contributed by atoms with Crippen molar-refractivity contribution in [1.82, 2.24) is 15.5 Å². The Morgan fingerprint density at radius 2 is 1.86 bits per heavy atom. The summed E-state index contributed by atoms with van der Waals surface area (Å²) in [5.74, 6) is -0.871. The molecule has 0 spiro atoms. The van der Waals surface area contributed by atoms with Gasteiger partial charge < -0.3 is 25.4 Å².